The van der Waals surface area contributed by atoms with Crippen LogP contribution in [0.1, 0.15) is 23.2 Å². The molecule has 1 aromatic carbocycles. The summed E-state index contributed by atoms with van der Waals surface area (Å²) < 4.78 is 0. The Balaban J connectivity index is 1.98. The van der Waals surface area contributed by atoms with Gasteiger partial charge >= 0.3 is 0 Å². The van der Waals surface area contributed by atoms with E-state index in [1.54, 1.807) is 24.1 Å². The van der Waals surface area contributed by atoms with E-state index in [1.165, 1.54) is 11.8 Å². The van der Waals surface area contributed by atoms with Gasteiger partial charge in [0, 0.05) is 24.1 Å². The summed E-state index contributed by atoms with van der Waals surface area (Å²) in [7, 11) is 1.71. The van der Waals surface area contributed by atoms with Gasteiger partial charge in [-0.25, -0.2) is 0 Å². The molecule has 2 rings (SSSR count). The number of hydrogen-bond donors (Lipinski definition) is 1. The number of carbonyl (C=O) groups excluding carboxylic acids is 1. The van der Waals surface area contributed by atoms with E-state index in [0.29, 0.717) is 23.8 Å². The summed E-state index contributed by atoms with van der Waals surface area (Å²) in [5, 5.41) is 18.5. The first-order valence-electron chi connectivity index (χ1n) is 6.65. The second-order valence-electron chi connectivity index (χ2n) is 5.07. The van der Waals surface area contributed by atoms with Gasteiger partial charge in [-0.15, -0.1) is 11.8 Å². The highest BCUT2D eigenvalue weighted by atomic mass is 32.2. The molecule has 5 heteroatoms. The molecule has 1 aromatic rings. The summed E-state index contributed by atoms with van der Waals surface area (Å²) >= 11 is 1.41. The van der Waals surface area contributed by atoms with Crippen molar-refractivity contribution in [2.45, 2.75) is 23.8 Å². The average Bonchev–Trinajstić information content (AvgIpc) is 3.29. The van der Waals surface area contributed by atoms with Gasteiger partial charge in [-0.05, 0) is 37.0 Å². The number of hydrogen-bond acceptors (Lipinski definition) is 4. The minimum Gasteiger partial charge on any atom is -0.391 e. The SMILES string of the molecule is CN(CC(O)C1CC1)C(=O)c1cccc(SCC#N)c1. The average molecular weight is 290 g/mol. The molecule has 1 unspecified atom stereocenters. The van der Waals surface area contributed by atoms with Crippen molar-refractivity contribution in [2.24, 2.45) is 5.92 Å². The quantitative estimate of drug-likeness (QED) is 0.815. The molecule has 0 aliphatic heterocycles. The Bertz CT molecular complexity index is 523. The van der Waals surface area contributed by atoms with Gasteiger partial charge in [-0.3, -0.25) is 4.79 Å². The van der Waals surface area contributed by atoms with Gasteiger partial charge in [0.25, 0.3) is 5.91 Å². The molecule has 1 fully saturated rings. The van der Waals surface area contributed by atoms with Gasteiger partial charge in [-0.2, -0.15) is 5.26 Å². The summed E-state index contributed by atoms with van der Waals surface area (Å²) in [5.41, 5.74) is 0.596. The fourth-order valence-electron chi connectivity index (χ4n) is 2.05. The molecule has 106 valence electrons. The summed E-state index contributed by atoms with van der Waals surface area (Å²) in [6, 6.07) is 9.33. The maximum absolute atomic E-state index is 12.3. The van der Waals surface area contributed by atoms with E-state index in [1.807, 2.05) is 12.1 Å². The number of aliphatic hydroxyl groups is 1. The van der Waals surface area contributed by atoms with Gasteiger partial charge in [0.05, 0.1) is 17.9 Å². The third-order valence-electron chi connectivity index (χ3n) is 3.36. The molecule has 0 aromatic heterocycles. The predicted molar refractivity (Wildman–Crippen MR) is 78.5 cm³/mol. The highest BCUT2D eigenvalue weighted by molar-refractivity contribution is 7.99. The van der Waals surface area contributed by atoms with Gasteiger partial charge < -0.3 is 10.0 Å². The Morgan fingerprint density at radius 2 is 2.35 bits per heavy atom. The van der Waals surface area contributed by atoms with Crippen molar-refractivity contribution in [1.29, 1.82) is 5.26 Å². The molecule has 1 amide bonds. The minimum atomic E-state index is -0.417. The summed E-state index contributed by atoms with van der Waals surface area (Å²) in [5.74, 6) is 0.639. The number of rotatable bonds is 6. The topological polar surface area (TPSA) is 64.3 Å². The number of benzene rings is 1. The van der Waals surface area contributed by atoms with E-state index in [0.717, 1.165) is 17.7 Å². The number of amides is 1. The molecule has 0 spiro atoms. The smallest absolute Gasteiger partial charge is 0.253 e. The van der Waals surface area contributed by atoms with Crippen LogP contribution in [0.15, 0.2) is 29.2 Å². The van der Waals surface area contributed by atoms with Crippen LogP contribution in [0.5, 0.6) is 0 Å². The minimum absolute atomic E-state index is 0.0934. The van der Waals surface area contributed by atoms with Crippen molar-refractivity contribution >= 4 is 17.7 Å². The first-order chi connectivity index (χ1) is 9.61. The van der Waals surface area contributed by atoms with Crippen LogP contribution in [0, 0.1) is 17.2 Å². The lowest BCUT2D eigenvalue weighted by Crippen LogP contribution is -2.35. The number of aliphatic hydroxyl groups excluding tert-OH is 1. The van der Waals surface area contributed by atoms with E-state index in [4.69, 9.17) is 5.26 Å². The highest BCUT2D eigenvalue weighted by Gasteiger charge is 2.31. The molecule has 20 heavy (non-hydrogen) atoms. The molecule has 0 radical (unpaired) electrons. The third kappa shape index (κ3) is 3.99. The van der Waals surface area contributed by atoms with Gasteiger partial charge in [0.2, 0.25) is 0 Å². The molecule has 0 heterocycles. The van der Waals surface area contributed by atoms with Crippen molar-refractivity contribution in [2.75, 3.05) is 19.3 Å². The summed E-state index contributed by atoms with van der Waals surface area (Å²) in [4.78, 5) is 14.8. The molecular weight excluding hydrogens is 272 g/mol. The van der Waals surface area contributed by atoms with Crippen LogP contribution in [0.3, 0.4) is 0 Å². The van der Waals surface area contributed by atoms with Crippen molar-refractivity contribution in [3.8, 4) is 6.07 Å². The first-order valence-corrected chi connectivity index (χ1v) is 7.63. The molecule has 0 saturated heterocycles. The van der Waals surface area contributed by atoms with Crippen molar-refractivity contribution in [3.63, 3.8) is 0 Å². The van der Waals surface area contributed by atoms with Crippen LogP contribution in [-0.4, -0.2) is 41.4 Å². The fraction of sp³-hybridized carbons (Fsp3) is 0.467. The molecule has 1 aliphatic carbocycles. The Labute approximate surface area is 123 Å². The monoisotopic (exact) mass is 290 g/mol. The van der Waals surface area contributed by atoms with Crippen LogP contribution in [0.4, 0.5) is 0 Å². The summed E-state index contributed by atoms with van der Waals surface area (Å²) in [6.45, 7) is 0.374. The molecule has 1 aliphatic rings. The van der Waals surface area contributed by atoms with Crippen molar-refractivity contribution in [1.82, 2.24) is 4.90 Å². The highest BCUT2D eigenvalue weighted by Crippen LogP contribution is 2.32. The number of nitriles is 1. The van der Waals surface area contributed by atoms with E-state index in [9.17, 15) is 9.90 Å². The second-order valence-corrected chi connectivity index (χ2v) is 6.11. The van der Waals surface area contributed by atoms with E-state index >= 15 is 0 Å². The molecule has 1 atom stereocenters. The van der Waals surface area contributed by atoms with Crippen LogP contribution in [0.25, 0.3) is 0 Å². The lowest BCUT2D eigenvalue weighted by atomic mass is 10.1. The number of thioether (sulfide) groups is 1. The van der Waals surface area contributed by atoms with Crippen molar-refractivity contribution < 1.29 is 9.90 Å². The van der Waals surface area contributed by atoms with Gasteiger partial charge in [-0.1, -0.05) is 6.07 Å². The van der Waals surface area contributed by atoms with Crippen LogP contribution >= 0.6 is 11.8 Å². The zero-order valence-electron chi connectivity index (χ0n) is 11.5. The fourth-order valence-corrected chi connectivity index (χ4v) is 2.66. The Morgan fingerprint density at radius 1 is 1.60 bits per heavy atom. The number of nitrogens with zero attached hydrogens (tertiary/aromatic N) is 2. The maximum atomic E-state index is 12.3. The lowest BCUT2D eigenvalue weighted by Gasteiger charge is -2.21. The zero-order valence-corrected chi connectivity index (χ0v) is 12.3. The number of likely N-dealkylation sites (N-methyl/N-ethyl adjacent to an activating group) is 1. The standard InChI is InChI=1S/C15H18N2O2S/c1-17(10-14(18)11-5-6-11)15(19)12-3-2-4-13(9-12)20-8-7-16/h2-4,9,11,14,18H,5-6,8,10H2,1H3. The molecular formula is C15H18N2O2S. The van der Waals surface area contributed by atoms with Crippen LogP contribution < -0.4 is 0 Å². The maximum Gasteiger partial charge on any atom is 0.253 e. The normalized spacial score (nSPS) is 15.4. The largest absolute Gasteiger partial charge is 0.391 e. The molecule has 0 bridgehead atoms. The van der Waals surface area contributed by atoms with E-state index in [2.05, 4.69) is 6.07 Å². The van der Waals surface area contributed by atoms with Gasteiger partial charge in [0.15, 0.2) is 0 Å². The Hall–Kier alpha value is -1.51. The van der Waals surface area contributed by atoms with E-state index in [-0.39, 0.29) is 5.91 Å². The van der Waals surface area contributed by atoms with Crippen LogP contribution in [-0.2, 0) is 0 Å². The van der Waals surface area contributed by atoms with Gasteiger partial charge in [0.1, 0.15) is 0 Å². The molecule has 4 nitrogen and oxygen atoms in total. The first kappa shape index (κ1) is 14.9. The number of carbonyl (C=O) groups is 1. The lowest BCUT2D eigenvalue weighted by molar-refractivity contribution is 0.0645. The molecule has 1 N–H and O–H groups in total. The molecule has 1 saturated carbocycles. The van der Waals surface area contributed by atoms with E-state index < -0.39 is 6.10 Å². The summed E-state index contributed by atoms with van der Waals surface area (Å²) in [6.07, 6.45) is 1.70. The zero-order chi connectivity index (χ0) is 14.5. The van der Waals surface area contributed by atoms with Crippen LogP contribution in [0.2, 0.25) is 0 Å². The predicted octanol–water partition coefficient (Wildman–Crippen LogP) is 2.15. The second kappa shape index (κ2) is 6.78. The van der Waals surface area contributed by atoms with Crippen molar-refractivity contribution in [3.05, 3.63) is 29.8 Å². The Kier molecular flexibility index (Phi) is 5.05. The Morgan fingerprint density at radius 3 is 3.00 bits per heavy atom. The third-order valence-corrected chi connectivity index (χ3v) is 4.22.